The van der Waals surface area contributed by atoms with Crippen molar-refractivity contribution >= 4 is 12.0 Å². The summed E-state index contributed by atoms with van der Waals surface area (Å²) in [5.41, 5.74) is 0. The Balaban J connectivity index is 4.06. The van der Waals surface area contributed by atoms with Gasteiger partial charge in [-0.2, -0.15) is 0 Å². The maximum Gasteiger partial charge on any atom is 0.317 e. The predicted octanol–water partition coefficient (Wildman–Crippen LogP) is 0.833. The van der Waals surface area contributed by atoms with E-state index in [1.54, 1.807) is 4.90 Å². The van der Waals surface area contributed by atoms with Crippen molar-refractivity contribution in [2.24, 2.45) is 0 Å². The molecular weight excluding hydrogens is 234 g/mol. The summed E-state index contributed by atoms with van der Waals surface area (Å²) in [6.45, 7) is 5.77. The number of hydrogen-bond donors (Lipinski definition) is 2. The molecule has 2 amide bonds. The quantitative estimate of drug-likeness (QED) is 0.633. The third-order valence-corrected chi connectivity index (χ3v) is 2.61. The van der Waals surface area contributed by atoms with Crippen molar-refractivity contribution in [2.45, 2.75) is 32.7 Å². The van der Waals surface area contributed by atoms with E-state index in [1.165, 1.54) is 0 Å². The fourth-order valence-electron chi connectivity index (χ4n) is 1.82. The van der Waals surface area contributed by atoms with E-state index in [9.17, 15) is 9.59 Å². The van der Waals surface area contributed by atoms with Crippen molar-refractivity contribution in [3.8, 4) is 0 Å². The van der Waals surface area contributed by atoms with Crippen LogP contribution in [0.2, 0.25) is 0 Å². The first kappa shape index (κ1) is 16.7. The molecule has 0 aliphatic heterocycles. The van der Waals surface area contributed by atoms with Crippen molar-refractivity contribution in [2.75, 3.05) is 33.7 Å². The maximum atomic E-state index is 11.9. The van der Waals surface area contributed by atoms with Gasteiger partial charge in [0, 0.05) is 32.1 Å². The number of aliphatic carboxylic acids is 1. The first-order valence-electron chi connectivity index (χ1n) is 6.29. The number of amides is 2. The number of nitrogens with one attached hydrogen (secondary N) is 1. The SMILES string of the molecule is CCN(C(=O)NCCCC(=O)O)C(C)CN(C)C. The van der Waals surface area contributed by atoms with Crippen LogP contribution < -0.4 is 5.32 Å². The third kappa shape index (κ3) is 7.11. The van der Waals surface area contributed by atoms with Gasteiger partial charge in [0.15, 0.2) is 0 Å². The Hall–Kier alpha value is -1.30. The van der Waals surface area contributed by atoms with Crippen molar-refractivity contribution in [1.82, 2.24) is 15.1 Å². The molecule has 0 spiro atoms. The van der Waals surface area contributed by atoms with E-state index in [0.717, 1.165) is 6.54 Å². The first-order chi connectivity index (χ1) is 8.38. The van der Waals surface area contributed by atoms with Gasteiger partial charge >= 0.3 is 12.0 Å². The average Bonchev–Trinajstić information content (AvgIpc) is 2.24. The van der Waals surface area contributed by atoms with Crippen LogP contribution in [0.15, 0.2) is 0 Å². The van der Waals surface area contributed by atoms with E-state index in [2.05, 4.69) is 5.32 Å². The van der Waals surface area contributed by atoms with Crippen LogP contribution in [-0.4, -0.2) is 66.7 Å². The van der Waals surface area contributed by atoms with Crippen LogP contribution in [0, 0.1) is 0 Å². The molecule has 1 atom stereocenters. The molecule has 6 nitrogen and oxygen atoms in total. The Labute approximate surface area is 109 Å². The molecule has 6 heteroatoms. The van der Waals surface area contributed by atoms with E-state index in [0.29, 0.717) is 19.5 Å². The minimum absolute atomic E-state index is 0.0830. The Morgan fingerprint density at radius 1 is 1.33 bits per heavy atom. The van der Waals surface area contributed by atoms with E-state index in [-0.39, 0.29) is 18.5 Å². The zero-order valence-electron chi connectivity index (χ0n) is 11.8. The minimum atomic E-state index is -0.836. The van der Waals surface area contributed by atoms with Gasteiger partial charge in [-0.05, 0) is 34.4 Å². The van der Waals surface area contributed by atoms with Crippen molar-refractivity contribution in [3.05, 3.63) is 0 Å². The lowest BCUT2D eigenvalue weighted by Gasteiger charge is -2.30. The molecule has 0 aromatic heterocycles. The molecule has 0 aromatic carbocycles. The highest BCUT2D eigenvalue weighted by atomic mass is 16.4. The molecule has 0 radical (unpaired) electrons. The van der Waals surface area contributed by atoms with Gasteiger partial charge in [0.25, 0.3) is 0 Å². The summed E-state index contributed by atoms with van der Waals surface area (Å²) in [7, 11) is 3.93. The van der Waals surface area contributed by atoms with Crippen LogP contribution in [0.5, 0.6) is 0 Å². The fourth-order valence-corrected chi connectivity index (χ4v) is 1.82. The van der Waals surface area contributed by atoms with E-state index in [1.807, 2.05) is 32.8 Å². The average molecular weight is 259 g/mol. The van der Waals surface area contributed by atoms with Crippen molar-refractivity contribution in [3.63, 3.8) is 0 Å². The second-order valence-electron chi connectivity index (χ2n) is 4.63. The van der Waals surface area contributed by atoms with Gasteiger partial charge in [-0.3, -0.25) is 4.79 Å². The predicted molar refractivity (Wildman–Crippen MR) is 70.7 cm³/mol. The van der Waals surface area contributed by atoms with E-state index in [4.69, 9.17) is 5.11 Å². The number of carboxylic acids is 1. The fraction of sp³-hybridized carbons (Fsp3) is 0.833. The zero-order chi connectivity index (χ0) is 14.1. The molecule has 18 heavy (non-hydrogen) atoms. The molecule has 106 valence electrons. The summed E-state index contributed by atoms with van der Waals surface area (Å²) >= 11 is 0. The molecule has 0 aliphatic carbocycles. The number of urea groups is 1. The summed E-state index contributed by atoms with van der Waals surface area (Å²) < 4.78 is 0. The van der Waals surface area contributed by atoms with Crippen molar-refractivity contribution < 1.29 is 14.7 Å². The number of rotatable bonds is 8. The lowest BCUT2D eigenvalue weighted by atomic mass is 10.2. The standard InChI is InChI=1S/C12H25N3O3/c1-5-15(10(2)9-14(3)4)12(18)13-8-6-7-11(16)17/h10H,5-9H2,1-4H3,(H,13,18)(H,16,17). The summed E-state index contributed by atoms with van der Waals surface area (Å²) in [4.78, 5) is 26.0. The molecule has 2 N–H and O–H groups in total. The molecule has 0 aromatic rings. The van der Waals surface area contributed by atoms with Crippen LogP contribution in [0.1, 0.15) is 26.7 Å². The van der Waals surface area contributed by atoms with Gasteiger partial charge < -0.3 is 20.2 Å². The van der Waals surface area contributed by atoms with Crippen LogP contribution in [-0.2, 0) is 4.79 Å². The minimum Gasteiger partial charge on any atom is -0.481 e. The van der Waals surface area contributed by atoms with Gasteiger partial charge in [-0.15, -0.1) is 0 Å². The lowest BCUT2D eigenvalue weighted by molar-refractivity contribution is -0.137. The molecule has 0 rings (SSSR count). The monoisotopic (exact) mass is 259 g/mol. The summed E-state index contributed by atoms with van der Waals surface area (Å²) in [5, 5.41) is 11.2. The Bertz CT molecular complexity index is 269. The summed E-state index contributed by atoms with van der Waals surface area (Å²) in [6.07, 6.45) is 0.542. The maximum absolute atomic E-state index is 11.9. The Kier molecular flexibility index (Phi) is 8.11. The second kappa shape index (κ2) is 8.74. The second-order valence-corrected chi connectivity index (χ2v) is 4.63. The number of hydrogen-bond acceptors (Lipinski definition) is 3. The van der Waals surface area contributed by atoms with Gasteiger partial charge in [0.1, 0.15) is 0 Å². The first-order valence-corrected chi connectivity index (χ1v) is 6.29. The molecule has 0 fully saturated rings. The highest BCUT2D eigenvalue weighted by Crippen LogP contribution is 2.01. The van der Waals surface area contributed by atoms with Gasteiger partial charge in [0.2, 0.25) is 0 Å². The van der Waals surface area contributed by atoms with Gasteiger partial charge in [-0.25, -0.2) is 4.79 Å². The Morgan fingerprint density at radius 2 is 1.94 bits per heavy atom. The Morgan fingerprint density at radius 3 is 2.39 bits per heavy atom. The molecular formula is C12H25N3O3. The smallest absolute Gasteiger partial charge is 0.317 e. The normalized spacial score (nSPS) is 12.3. The molecule has 0 aliphatic rings. The van der Waals surface area contributed by atoms with Gasteiger partial charge in [0.05, 0.1) is 0 Å². The molecule has 0 heterocycles. The van der Waals surface area contributed by atoms with E-state index < -0.39 is 5.97 Å². The molecule has 0 saturated heterocycles. The number of carbonyl (C=O) groups excluding carboxylic acids is 1. The van der Waals surface area contributed by atoms with Crippen LogP contribution in [0.3, 0.4) is 0 Å². The highest BCUT2D eigenvalue weighted by molar-refractivity contribution is 5.74. The summed E-state index contributed by atoms with van der Waals surface area (Å²) in [5.74, 6) is -0.836. The number of nitrogens with zero attached hydrogens (tertiary/aromatic N) is 2. The topological polar surface area (TPSA) is 72.9 Å². The zero-order valence-corrected chi connectivity index (χ0v) is 11.8. The van der Waals surface area contributed by atoms with Gasteiger partial charge in [-0.1, -0.05) is 0 Å². The summed E-state index contributed by atoms with van der Waals surface area (Å²) in [6, 6.07) is 0.00159. The van der Waals surface area contributed by atoms with E-state index >= 15 is 0 Å². The van der Waals surface area contributed by atoms with Crippen molar-refractivity contribution in [1.29, 1.82) is 0 Å². The number of likely N-dealkylation sites (N-methyl/N-ethyl adjacent to an activating group) is 2. The largest absolute Gasteiger partial charge is 0.481 e. The lowest BCUT2D eigenvalue weighted by Crippen LogP contribution is -2.48. The third-order valence-electron chi connectivity index (χ3n) is 2.61. The molecule has 0 bridgehead atoms. The number of carbonyl (C=O) groups is 2. The molecule has 1 unspecified atom stereocenters. The van der Waals surface area contributed by atoms with Crippen LogP contribution in [0.4, 0.5) is 4.79 Å². The van der Waals surface area contributed by atoms with Crippen LogP contribution in [0.25, 0.3) is 0 Å². The number of carboxylic acid groups (broad SMARTS) is 1. The highest BCUT2D eigenvalue weighted by Gasteiger charge is 2.18. The van der Waals surface area contributed by atoms with Crippen LogP contribution >= 0.6 is 0 Å². The molecule has 0 saturated carbocycles.